The van der Waals surface area contributed by atoms with Crippen molar-refractivity contribution in [1.82, 2.24) is 25.5 Å². The monoisotopic (exact) mass is 584 g/mol. The largest absolute Gasteiger partial charge is 0.495 e. The molecular weight excluding hydrogens is 553 g/mol. The van der Waals surface area contributed by atoms with E-state index < -0.39 is 23.8 Å². The summed E-state index contributed by atoms with van der Waals surface area (Å²) in [6, 6.07) is 9.85. The molecular formula is C29H31F3N6O4. The maximum atomic E-state index is 14.0. The van der Waals surface area contributed by atoms with Crippen LogP contribution in [0.4, 0.5) is 24.8 Å². The molecule has 3 aliphatic rings. The molecule has 2 aliphatic heterocycles. The van der Waals surface area contributed by atoms with Crippen LogP contribution in [0.1, 0.15) is 59.0 Å². The summed E-state index contributed by atoms with van der Waals surface area (Å²) in [5.41, 5.74) is 0.499. The second kappa shape index (κ2) is 10.7. The Hall–Kier alpha value is -3.94. The van der Waals surface area contributed by atoms with Gasteiger partial charge in [0.05, 0.1) is 12.8 Å². The van der Waals surface area contributed by atoms with Gasteiger partial charge in [-0.25, -0.2) is 4.98 Å². The number of aliphatic hydroxyl groups is 1. The van der Waals surface area contributed by atoms with Crippen molar-refractivity contribution >= 4 is 17.5 Å². The lowest BCUT2D eigenvalue weighted by molar-refractivity contribution is -0.139. The van der Waals surface area contributed by atoms with E-state index in [-0.39, 0.29) is 34.9 Å². The van der Waals surface area contributed by atoms with Gasteiger partial charge in [0.15, 0.2) is 0 Å². The number of nitrogens with zero attached hydrogens (tertiary/aromatic N) is 3. The summed E-state index contributed by atoms with van der Waals surface area (Å²) in [6.45, 7) is 1.67. The molecule has 0 bridgehead atoms. The molecule has 13 heteroatoms. The number of rotatable bonds is 7. The summed E-state index contributed by atoms with van der Waals surface area (Å²) in [4.78, 5) is 22.5. The topological polar surface area (TPSA) is 121 Å². The molecule has 1 aromatic heterocycles. The highest BCUT2D eigenvalue weighted by molar-refractivity contribution is 5.95. The van der Waals surface area contributed by atoms with Crippen LogP contribution in [0.3, 0.4) is 0 Å². The Morgan fingerprint density at radius 3 is 2.62 bits per heavy atom. The highest BCUT2D eigenvalue weighted by Gasteiger charge is 2.57. The van der Waals surface area contributed by atoms with Gasteiger partial charge >= 0.3 is 6.18 Å². The van der Waals surface area contributed by atoms with E-state index in [1.807, 2.05) is 11.0 Å². The van der Waals surface area contributed by atoms with Crippen LogP contribution < -0.4 is 25.4 Å². The van der Waals surface area contributed by atoms with Crippen molar-refractivity contribution in [3.05, 3.63) is 64.8 Å². The molecule has 2 fully saturated rings. The maximum absolute atomic E-state index is 14.0. The molecule has 6 rings (SSSR count). The highest BCUT2D eigenvalue weighted by atomic mass is 19.4. The number of carbonyl (C=O) groups excluding carboxylic acids is 1. The fraction of sp³-hybridized carbons (Fsp3) is 0.414. The molecule has 3 aromatic rings. The molecule has 1 aliphatic carbocycles. The number of fused-ring (bicyclic) bond motifs is 2. The Bertz CT molecular complexity index is 1510. The lowest BCUT2D eigenvalue weighted by Gasteiger charge is -2.23. The first-order valence-corrected chi connectivity index (χ1v) is 13.7. The van der Waals surface area contributed by atoms with Gasteiger partial charge < -0.3 is 30.5 Å². The number of nitrogens with one attached hydrogen (secondary N) is 3. The third kappa shape index (κ3) is 5.12. The van der Waals surface area contributed by atoms with Crippen molar-refractivity contribution in [2.45, 2.75) is 49.7 Å². The minimum absolute atomic E-state index is 0.0729. The molecule has 222 valence electrons. The zero-order valence-electron chi connectivity index (χ0n) is 23.1. The maximum Gasteiger partial charge on any atom is 0.423 e. The van der Waals surface area contributed by atoms with Crippen molar-refractivity contribution in [1.29, 1.82) is 0 Å². The zero-order chi connectivity index (χ0) is 29.6. The van der Waals surface area contributed by atoms with Crippen LogP contribution in [-0.4, -0.2) is 59.2 Å². The Morgan fingerprint density at radius 1 is 1.17 bits per heavy atom. The second-order valence-electron chi connectivity index (χ2n) is 10.8. The van der Waals surface area contributed by atoms with Crippen molar-refractivity contribution in [3.63, 3.8) is 0 Å². The molecule has 3 heterocycles. The van der Waals surface area contributed by atoms with Crippen LogP contribution in [0.2, 0.25) is 0 Å². The Kier molecular flexibility index (Phi) is 7.19. The molecule has 10 nitrogen and oxygen atoms in total. The fourth-order valence-corrected chi connectivity index (χ4v) is 5.76. The predicted molar refractivity (Wildman–Crippen MR) is 147 cm³/mol. The average Bonchev–Trinajstić information content (AvgIpc) is 3.75. The number of halogens is 3. The van der Waals surface area contributed by atoms with E-state index in [9.17, 15) is 23.1 Å². The summed E-state index contributed by atoms with van der Waals surface area (Å²) in [5, 5.41) is 20.0. The predicted octanol–water partition coefficient (Wildman–Crippen LogP) is 4.45. The van der Waals surface area contributed by atoms with E-state index in [1.54, 1.807) is 31.3 Å². The van der Waals surface area contributed by atoms with Crippen LogP contribution in [0.15, 0.2) is 42.6 Å². The number of anilines is 2. The Labute approximate surface area is 240 Å². The molecule has 1 saturated carbocycles. The van der Waals surface area contributed by atoms with Crippen LogP contribution in [0.25, 0.3) is 0 Å². The number of methoxy groups -OCH3 is 1. The Balaban J connectivity index is 1.27. The van der Waals surface area contributed by atoms with Crippen molar-refractivity contribution in [2.24, 2.45) is 0 Å². The molecule has 2 aromatic carbocycles. The molecule has 42 heavy (non-hydrogen) atoms. The first-order chi connectivity index (χ1) is 20.1. The van der Waals surface area contributed by atoms with E-state index in [1.165, 1.54) is 13.2 Å². The van der Waals surface area contributed by atoms with Gasteiger partial charge in [0.25, 0.3) is 5.91 Å². The summed E-state index contributed by atoms with van der Waals surface area (Å²) in [6.07, 6.45) is -1.82. The van der Waals surface area contributed by atoms with Crippen LogP contribution in [-0.2, 0) is 11.7 Å². The minimum atomic E-state index is -4.79. The normalized spacial score (nSPS) is 19.8. The highest BCUT2D eigenvalue weighted by Crippen LogP contribution is 2.60. The lowest BCUT2D eigenvalue weighted by Crippen LogP contribution is -2.42. The molecule has 1 saturated heterocycles. The van der Waals surface area contributed by atoms with Gasteiger partial charge in [-0.1, -0.05) is 12.1 Å². The van der Waals surface area contributed by atoms with E-state index in [0.29, 0.717) is 23.0 Å². The number of ether oxygens (including phenoxy) is 2. The fourth-order valence-electron chi connectivity index (χ4n) is 5.76. The number of aromatic nitrogens is 2. The van der Waals surface area contributed by atoms with Crippen LogP contribution >= 0.6 is 0 Å². The summed E-state index contributed by atoms with van der Waals surface area (Å²) in [7, 11) is 3.20. The third-order valence-corrected chi connectivity index (χ3v) is 8.24. The van der Waals surface area contributed by atoms with Gasteiger partial charge in [-0.2, -0.15) is 18.2 Å². The van der Waals surface area contributed by atoms with Gasteiger partial charge in [-0.05, 0) is 75.6 Å². The first-order valence-electron chi connectivity index (χ1n) is 13.7. The van der Waals surface area contributed by atoms with E-state index in [4.69, 9.17) is 9.47 Å². The molecule has 4 N–H and O–H groups in total. The van der Waals surface area contributed by atoms with Gasteiger partial charge in [-0.15, -0.1) is 0 Å². The van der Waals surface area contributed by atoms with Gasteiger partial charge in [0.1, 0.15) is 23.3 Å². The smallest absolute Gasteiger partial charge is 0.423 e. The first kappa shape index (κ1) is 28.2. The van der Waals surface area contributed by atoms with Crippen molar-refractivity contribution < 1.29 is 32.5 Å². The van der Waals surface area contributed by atoms with E-state index in [2.05, 4.69) is 25.9 Å². The quantitative estimate of drug-likeness (QED) is 0.319. The number of hydrogen-bond acceptors (Lipinski definition) is 9. The number of aliphatic hydroxyl groups excluding tert-OH is 1. The van der Waals surface area contributed by atoms with Gasteiger partial charge in [0, 0.05) is 28.9 Å². The molecule has 1 unspecified atom stereocenters. The van der Waals surface area contributed by atoms with E-state index in [0.717, 1.165) is 44.3 Å². The average molecular weight is 585 g/mol. The molecule has 1 atom stereocenters. The standard InChI is InChI=1S/C29H31F3N6O4/c1-38-26(40)23-18(28(38)10-11-28)4-3-5-21(23)42-25-19(29(30,31)32)15-34-27(37-25)36-20-7-6-16(14-22(20)41-2)24(39)35-17-8-12-33-13-9-17/h3-7,14-15,17,26,33,40H,8-13H2,1-2H3,(H,35,39)(H,34,36,37). The molecule has 1 amide bonds. The minimum Gasteiger partial charge on any atom is -0.495 e. The Morgan fingerprint density at radius 2 is 1.93 bits per heavy atom. The van der Waals surface area contributed by atoms with Gasteiger partial charge in [0.2, 0.25) is 11.8 Å². The zero-order valence-corrected chi connectivity index (χ0v) is 23.1. The molecule has 1 spiro atoms. The number of piperidine rings is 1. The summed E-state index contributed by atoms with van der Waals surface area (Å²) in [5.74, 6) is -0.762. The second-order valence-corrected chi connectivity index (χ2v) is 10.8. The third-order valence-electron chi connectivity index (χ3n) is 8.24. The number of alkyl halides is 3. The van der Waals surface area contributed by atoms with E-state index >= 15 is 0 Å². The van der Waals surface area contributed by atoms with Crippen molar-refractivity contribution in [3.8, 4) is 17.4 Å². The lowest BCUT2D eigenvalue weighted by atomic mass is 10.0. The van der Waals surface area contributed by atoms with Gasteiger partial charge in [-0.3, -0.25) is 9.69 Å². The SMILES string of the molecule is COc1cc(C(=O)NC2CCNCC2)ccc1Nc1ncc(C(F)(F)F)c(Oc2cccc3c2C(O)N(C)C32CC2)n1. The summed E-state index contributed by atoms with van der Waals surface area (Å²) < 4.78 is 53.1. The number of amides is 1. The van der Waals surface area contributed by atoms with Crippen LogP contribution in [0, 0.1) is 0 Å². The number of carbonyl (C=O) groups is 1. The number of benzene rings is 2. The van der Waals surface area contributed by atoms with Crippen LogP contribution in [0.5, 0.6) is 17.4 Å². The van der Waals surface area contributed by atoms with Crippen molar-refractivity contribution in [2.75, 3.05) is 32.6 Å². The molecule has 0 radical (unpaired) electrons. The number of hydrogen-bond donors (Lipinski definition) is 4. The summed E-state index contributed by atoms with van der Waals surface area (Å²) >= 11 is 0.